The quantitative estimate of drug-likeness (QED) is 0.514. The van der Waals surface area contributed by atoms with E-state index >= 15 is 0 Å². The summed E-state index contributed by atoms with van der Waals surface area (Å²) >= 11 is 0. The molecule has 10 heavy (non-hydrogen) atoms. The van der Waals surface area contributed by atoms with Gasteiger partial charge in [-0.3, -0.25) is 4.79 Å². The number of carbonyl (C=O) groups excluding carboxylic acids is 1. The molecule has 0 fully saturated rings. The Morgan fingerprint density at radius 2 is 2.30 bits per heavy atom. The standard InChI is InChI=1S/C7H10O3/c1-4-2-5(8)7(10)6(9)3-4/h2,4,6,8-9H,3H2,1H3. The zero-order valence-electron chi connectivity index (χ0n) is 5.74. The fourth-order valence-corrected chi connectivity index (χ4v) is 1.05. The van der Waals surface area contributed by atoms with Crippen LogP contribution in [0.2, 0.25) is 0 Å². The van der Waals surface area contributed by atoms with Gasteiger partial charge in [0.15, 0.2) is 5.76 Å². The van der Waals surface area contributed by atoms with Crippen LogP contribution in [-0.2, 0) is 4.79 Å². The molecule has 0 aromatic heterocycles. The van der Waals surface area contributed by atoms with Crippen molar-refractivity contribution in [3.8, 4) is 0 Å². The average Bonchev–Trinajstić information content (AvgIpc) is 1.82. The summed E-state index contributed by atoms with van der Waals surface area (Å²) < 4.78 is 0. The highest BCUT2D eigenvalue weighted by molar-refractivity contribution is 5.97. The minimum absolute atomic E-state index is 0.0905. The van der Waals surface area contributed by atoms with Crippen LogP contribution < -0.4 is 0 Å². The maximum atomic E-state index is 10.7. The summed E-state index contributed by atoms with van der Waals surface area (Å²) in [5.74, 6) is -0.767. The predicted octanol–water partition coefficient (Wildman–Crippen LogP) is 0.398. The Labute approximate surface area is 59.0 Å². The number of allylic oxidation sites excluding steroid dienone is 1. The van der Waals surface area contributed by atoms with E-state index in [2.05, 4.69) is 0 Å². The fourth-order valence-electron chi connectivity index (χ4n) is 1.05. The molecule has 0 aromatic carbocycles. The van der Waals surface area contributed by atoms with E-state index in [1.807, 2.05) is 6.92 Å². The Kier molecular flexibility index (Phi) is 1.76. The maximum Gasteiger partial charge on any atom is 0.225 e. The number of hydrogen-bond donors (Lipinski definition) is 2. The Bertz CT molecular complexity index is 183. The molecule has 56 valence electrons. The van der Waals surface area contributed by atoms with E-state index < -0.39 is 11.9 Å². The van der Waals surface area contributed by atoms with Crippen molar-refractivity contribution in [2.75, 3.05) is 0 Å². The molecule has 1 aliphatic carbocycles. The smallest absolute Gasteiger partial charge is 0.225 e. The Morgan fingerprint density at radius 1 is 1.70 bits per heavy atom. The topological polar surface area (TPSA) is 57.5 Å². The molecule has 0 saturated carbocycles. The normalized spacial score (nSPS) is 33.8. The molecule has 0 saturated heterocycles. The van der Waals surface area contributed by atoms with Gasteiger partial charge >= 0.3 is 0 Å². The van der Waals surface area contributed by atoms with Crippen LogP contribution in [0.1, 0.15) is 13.3 Å². The van der Waals surface area contributed by atoms with Crippen molar-refractivity contribution in [3.63, 3.8) is 0 Å². The summed E-state index contributed by atoms with van der Waals surface area (Å²) in [5, 5.41) is 17.8. The second kappa shape index (κ2) is 2.42. The van der Waals surface area contributed by atoms with Gasteiger partial charge in [0, 0.05) is 0 Å². The highest BCUT2D eigenvalue weighted by atomic mass is 16.3. The van der Waals surface area contributed by atoms with E-state index in [1.165, 1.54) is 6.08 Å². The van der Waals surface area contributed by atoms with Gasteiger partial charge in [0.2, 0.25) is 5.78 Å². The number of aliphatic hydroxyl groups is 2. The van der Waals surface area contributed by atoms with Crippen LogP contribution in [0.4, 0.5) is 0 Å². The molecule has 0 amide bonds. The Morgan fingerprint density at radius 3 is 2.80 bits per heavy atom. The number of carbonyl (C=O) groups is 1. The monoisotopic (exact) mass is 142 g/mol. The van der Waals surface area contributed by atoms with Crippen LogP contribution in [0.25, 0.3) is 0 Å². The summed E-state index contributed by atoms with van der Waals surface area (Å²) in [4.78, 5) is 10.7. The maximum absolute atomic E-state index is 10.7. The molecule has 0 aliphatic heterocycles. The van der Waals surface area contributed by atoms with Gasteiger partial charge in [0.05, 0.1) is 0 Å². The zero-order valence-corrected chi connectivity index (χ0v) is 5.74. The molecule has 2 atom stereocenters. The van der Waals surface area contributed by atoms with E-state index in [4.69, 9.17) is 10.2 Å². The molecule has 3 nitrogen and oxygen atoms in total. The van der Waals surface area contributed by atoms with Crippen LogP contribution in [-0.4, -0.2) is 22.1 Å². The van der Waals surface area contributed by atoms with Crippen molar-refractivity contribution in [2.45, 2.75) is 19.4 Å². The number of rotatable bonds is 0. The van der Waals surface area contributed by atoms with Crippen LogP contribution in [0.3, 0.4) is 0 Å². The second-order valence-electron chi connectivity index (χ2n) is 2.64. The van der Waals surface area contributed by atoms with Crippen LogP contribution in [0.15, 0.2) is 11.8 Å². The molecule has 0 aromatic rings. The van der Waals surface area contributed by atoms with Gasteiger partial charge in [0.25, 0.3) is 0 Å². The van der Waals surface area contributed by atoms with Crippen molar-refractivity contribution in [2.24, 2.45) is 5.92 Å². The first-order chi connectivity index (χ1) is 4.61. The van der Waals surface area contributed by atoms with Crippen molar-refractivity contribution in [1.29, 1.82) is 0 Å². The molecule has 0 heterocycles. The first-order valence-corrected chi connectivity index (χ1v) is 3.24. The van der Waals surface area contributed by atoms with Gasteiger partial charge in [0.1, 0.15) is 6.10 Å². The summed E-state index contributed by atoms with van der Waals surface area (Å²) in [6.45, 7) is 1.84. The summed E-state index contributed by atoms with van der Waals surface area (Å²) in [6, 6.07) is 0. The molecule has 1 rings (SSSR count). The number of hydrogen-bond acceptors (Lipinski definition) is 3. The van der Waals surface area contributed by atoms with Gasteiger partial charge in [-0.15, -0.1) is 0 Å². The average molecular weight is 142 g/mol. The molecule has 0 spiro atoms. The minimum atomic E-state index is -1.00. The van der Waals surface area contributed by atoms with Gasteiger partial charge in [-0.05, 0) is 18.4 Å². The number of ketones is 1. The Hall–Kier alpha value is -0.830. The third-order valence-electron chi connectivity index (χ3n) is 1.59. The molecule has 0 radical (unpaired) electrons. The lowest BCUT2D eigenvalue weighted by atomic mass is 9.93. The lowest BCUT2D eigenvalue weighted by Gasteiger charge is -2.17. The summed E-state index contributed by atoms with van der Waals surface area (Å²) in [5.41, 5.74) is 0. The van der Waals surface area contributed by atoms with Crippen LogP contribution in [0.5, 0.6) is 0 Å². The first-order valence-electron chi connectivity index (χ1n) is 3.24. The number of Topliss-reactive ketones (excluding diaryl/α,β-unsaturated/α-hetero) is 1. The lowest BCUT2D eigenvalue weighted by molar-refractivity contribution is -0.127. The molecular weight excluding hydrogens is 132 g/mol. The van der Waals surface area contributed by atoms with Crippen molar-refractivity contribution in [1.82, 2.24) is 0 Å². The molecule has 2 unspecified atom stereocenters. The van der Waals surface area contributed by atoms with Crippen LogP contribution in [0, 0.1) is 5.92 Å². The van der Waals surface area contributed by atoms with E-state index in [0.717, 1.165) is 0 Å². The van der Waals surface area contributed by atoms with Crippen LogP contribution >= 0.6 is 0 Å². The Balaban J connectivity index is 2.81. The third-order valence-corrected chi connectivity index (χ3v) is 1.59. The highest BCUT2D eigenvalue weighted by Crippen LogP contribution is 2.17. The molecule has 3 heteroatoms. The second-order valence-corrected chi connectivity index (χ2v) is 2.64. The number of aliphatic hydroxyl groups excluding tert-OH is 2. The van der Waals surface area contributed by atoms with Gasteiger partial charge in [-0.2, -0.15) is 0 Å². The molecular formula is C7H10O3. The van der Waals surface area contributed by atoms with Crippen molar-refractivity contribution >= 4 is 5.78 Å². The van der Waals surface area contributed by atoms with Gasteiger partial charge in [-0.1, -0.05) is 6.92 Å². The van der Waals surface area contributed by atoms with Crippen molar-refractivity contribution < 1.29 is 15.0 Å². The fraction of sp³-hybridized carbons (Fsp3) is 0.571. The van der Waals surface area contributed by atoms with E-state index in [0.29, 0.717) is 6.42 Å². The SMILES string of the molecule is CC1C=C(O)C(=O)C(O)C1. The lowest BCUT2D eigenvalue weighted by Crippen LogP contribution is -2.28. The predicted molar refractivity (Wildman–Crippen MR) is 35.5 cm³/mol. The van der Waals surface area contributed by atoms with Gasteiger partial charge in [-0.25, -0.2) is 0 Å². The first kappa shape index (κ1) is 7.28. The van der Waals surface area contributed by atoms with E-state index in [-0.39, 0.29) is 11.7 Å². The molecule has 2 N–H and O–H groups in total. The van der Waals surface area contributed by atoms with E-state index in [9.17, 15) is 4.79 Å². The van der Waals surface area contributed by atoms with Gasteiger partial charge < -0.3 is 10.2 Å². The largest absolute Gasteiger partial charge is 0.505 e. The summed E-state index contributed by atoms with van der Waals surface area (Å²) in [6.07, 6.45) is 0.887. The van der Waals surface area contributed by atoms with Crippen molar-refractivity contribution in [3.05, 3.63) is 11.8 Å². The van der Waals surface area contributed by atoms with E-state index in [1.54, 1.807) is 0 Å². The highest BCUT2D eigenvalue weighted by Gasteiger charge is 2.25. The summed E-state index contributed by atoms with van der Waals surface area (Å²) in [7, 11) is 0. The minimum Gasteiger partial charge on any atom is -0.505 e. The third kappa shape index (κ3) is 1.19. The molecule has 1 aliphatic rings. The zero-order chi connectivity index (χ0) is 7.72. The molecule has 0 bridgehead atoms.